The summed E-state index contributed by atoms with van der Waals surface area (Å²) >= 11 is 0. The summed E-state index contributed by atoms with van der Waals surface area (Å²) in [5.41, 5.74) is 1.15. The Bertz CT molecular complexity index is 837. The van der Waals surface area contributed by atoms with Crippen LogP contribution in [-0.4, -0.2) is 67.6 Å². The minimum Gasteiger partial charge on any atom is -0.354 e. The zero-order chi connectivity index (χ0) is 22.2. The van der Waals surface area contributed by atoms with Gasteiger partial charge in [-0.25, -0.2) is 8.78 Å². The van der Waals surface area contributed by atoms with Crippen LogP contribution in [-0.2, 0) is 6.54 Å². The van der Waals surface area contributed by atoms with E-state index in [2.05, 4.69) is 31.6 Å². The SMILES string of the molecule is CN=C(NCC(c1c(F)cccc1F)N(C)C)NC1CCN(Cc2ccccn2)CC1.I. The van der Waals surface area contributed by atoms with Gasteiger partial charge in [-0.05, 0) is 51.2 Å². The Kier molecular flexibility index (Phi) is 10.7. The number of likely N-dealkylation sites (tertiary alicyclic amines) is 1. The number of hydrogen-bond donors (Lipinski definition) is 2. The number of aliphatic imine (C=N–C) groups is 1. The van der Waals surface area contributed by atoms with E-state index < -0.39 is 17.7 Å². The number of nitrogens with one attached hydrogen (secondary N) is 2. The fourth-order valence-corrected chi connectivity index (χ4v) is 3.91. The van der Waals surface area contributed by atoms with Crippen molar-refractivity contribution >= 4 is 29.9 Å². The Morgan fingerprint density at radius 3 is 2.41 bits per heavy atom. The number of nitrogens with zero attached hydrogens (tertiary/aromatic N) is 4. The third-order valence-corrected chi connectivity index (χ3v) is 5.68. The van der Waals surface area contributed by atoms with Crippen molar-refractivity contribution in [2.75, 3.05) is 40.8 Å². The summed E-state index contributed by atoms with van der Waals surface area (Å²) in [6.07, 6.45) is 3.81. The molecule has 9 heteroatoms. The standard InChI is InChI=1S/C23H32F2N6.HI/c1-26-23(28-15-21(30(2)3)22-19(24)8-6-9-20(22)25)29-17-10-13-31(14-11-17)16-18-7-4-5-12-27-18;/h4-9,12,17,21H,10-11,13-16H2,1-3H3,(H2,26,28,29);1H. The maximum atomic E-state index is 14.3. The number of aromatic nitrogens is 1. The van der Waals surface area contributed by atoms with Crippen molar-refractivity contribution in [2.24, 2.45) is 4.99 Å². The van der Waals surface area contributed by atoms with Crippen molar-refractivity contribution < 1.29 is 8.78 Å². The van der Waals surface area contributed by atoms with Gasteiger partial charge < -0.3 is 15.5 Å². The summed E-state index contributed by atoms with van der Waals surface area (Å²) < 4.78 is 28.6. The van der Waals surface area contributed by atoms with E-state index in [0.29, 0.717) is 18.5 Å². The Morgan fingerprint density at radius 2 is 1.84 bits per heavy atom. The van der Waals surface area contributed by atoms with Crippen LogP contribution in [0.15, 0.2) is 47.6 Å². The lowest BCUT2D eigenvalue weighted by Gasteiger charge is -2.33. The summed E-state index contributed by atoms with van der Waals surface area (Å²) in [7, 11) is 5.33. The molecule has 176 valence electrons. The van der Waals surface area contributed by atoms with Crippen molar-refractivity contribution in [1.82, 2.24) is 25.4 Å². The van der Waals surface area contributed by atoms with Gasteiger partial charge in [-0.2, -0.15) is 0 Å². The maximum Gasteiger partial charge on any atom is 0.191 e. The zero-order valence-corrected chi connectivity index (χ0v) is 21.2. The van der Waals surface area contributed by atoms with Crippen LogP contribution in [0.5, 0.6) is 0 Å². The quantitative estimate of drug-likeness (QED) is 0.310. The van der Waals surface area contributed by atoms with Crippen LogP contribution in [0, 0.1) is 11.6 Å². The summed E-state index contributed by atoms with van der Waals surface area (Å²) in [6.45, 7) is 3.15. The van der Waals surface area contributed by atoms with Gasteiger partial charge in [0.25, 0.3) is 0 Å². The highest BCUT2D eigenvalue weighted by Gasteiger charge is 2.24. The van der Waals surface area contributed by atoms with Gasteiger partial charge in [0.1, 0.15) is 11.6 Å². The Hall–Kier alpha value is -1.85. The van der Waals surface area contributed by atoms with Gasteiger partial charge in [0.2, 0.25) is 0 Å². The van der Waals surface area contributed by atoms with Crippen LogP contribution < -0.4 is 10.6 Å². The first-order valence-electron chi connectivity index (χ1n) is 10.7. The van der Waals surface area contributed by atoms with E-state index in [1.54, 1.807) is 11.9 Å². The molecule has 3 rings (SSSR count). The molecule has 1 aliphatic heterocycles. The van der Waals surface area contributed by atoms with E-state index in [9.17, 15) is 8.78 Å². The van der Waals surface area contributed by atoms with E-state index in [1.165, 1.54) is 18.2 Å². The average molecular weight is 558 g/mol. The van der Waals surface area contributed by atoms with Crippen molar-refractivity contribution in [1.29, 1.82) is 0 Å². The lowest BCUT2D eigenvalue weighted by molar-refractivity contribution is 0.196. The predicted molar refractivity (Wildman–Crippen MR) is 135 cm³/mol. The molecule has 1 saturated heterocycles. The fourth-order valence-electron chi connectivity index (χ4n) is 3.91. The molecule has 1 unspecified atom stereocenters. The molecule has 6 nitrogen and oxygen atoms in total. The molecule has 0 saturated carbocycles. The Labute approximate surface area is 206 Å². The number of halogens is 3. The lowest BCUT2D eigenvalue weighted by Crippen LogP contribution is -2.49. The summed E-state index contributed by atoms with van der Waals surface area (Å²) in [4.78, 5) is 12.9. The lowest BCUT2D eigenvalue weighted by atomic mass is 10.0. The molecule has 1 aromatic carbocycles. The number of piperidine rings is 1. The highest BCUT2D eigenvalue weighted by atomic mass is 127. The van der Waals surface area contributed by atoms with E-state index in [0.717, 1.165) is 38.2 Å². The molecular weight excluding hydrogens is 525 g/mol. The molecule has 0 radical (unpaired) electrons. The van der Waals surface area contributed by atoms with Crippen molar-refractivity contribution in [2.45, 2.75) is 31.5 Å². The maximum absolute atomic E-state index is 14.3. The molecule has 1 fully saturated rings. The van der Waals surface area contributed by atoms with E-state index in [-0.39, 0.29) is 29.5 Å². The molecule has 32 heavy (non-hydrogen) atoms. The molecule has 2 heterocycles. The normalized spacial score (nSPS) is 16.5. The first-order chi connectivity index (χ1) is 15.0. The molecule has 2 aromatic rings. The van der Waals surface area contributed by atoms with Crippen molar-refractivity contribution in [3.05, 3.63) is 65.5 Å². The van der Waals surface area contributed by atoms with Crippen LogP contribution in [0.2, 0.25) is 0 Å². The monoisotopic (exact) mass is 558 g/mol. The molecule has 0 spiro atoms. The van der Waals surface area contributed by atoms with E-state index in [4.69, 9.17) is 0 Å². The first kappa shape index (κ1) is 26.4. The highest BCUT2D eigenvalue weighted by molar-refractivity contribution is 14.0. The third-order valence-electron chi connectivity index (χ3n) is 5.68. The minimum absolute atomic E-state index is 0. The number of rotatable bonds is 7. The largest absolute Gasteiger partial charge is 0.354 e. The van der Waals surface area contributed by atoms with Gasteiger partial charge in [0, 0.05) is 51.0 Å². The molecule has 2 N–H and O–H groups in total. The second-order valence-corrected chi connectivity index (χ2v) is 8.08. The van der Waals surface area contributed by atoms with Crippen molar-refractivity contribution in [3.8, 4) is 0 Å². The fraction of sp³-hybridized carbons (Fsp3) is 0.478. The first-order valence-corrected chi connectivity index (χ1v) is 10.7. The number of benzene rings is 1. The molecule has 1 atom stereocenters. The topological polar surface area (TPSA) is 55.8 Å². The number of pyridine rings is 1. The number of guanidine groups is 1. The van der Waals surface area contributed by atoms with Crippen LogP contribution in [0.3, 0.4) is 0 Å². The average Bonchev–Trinajstić information content (AvgIpc) is 2.76. The molecule has 0 aliphatic carbocycles. The van der Waals surface area contributed by atoms with Gasteiger partial charge >= 0.3 is 0 Å². The van der Waals surface area contributed by atoms with Crippen LogP contribution >= 0.6 is 24.0 Å². The molecule has 1 aromatic heterocycles. The summed E-state index contributed by atoms with van der Waals surface area (Å²) in [5.74, 6) is -0.431. The second kappa shape index (κ2) is 13.0. The zero-order valence-electron chi connectivity index (χ0n) is 18.9. The molecule has 1 aliphatic rings. The van der Waals surface area contributed by atoms with Crippen molar-refractivity contribution in [3.63, 3.8) is 0 Å². The molecule has 0 amide bonds. The van der Waals surface area contributed by atoms with Crippen LogP contribution in [0.1, 0.15) is 30.1 Å². The molecule has 0 bridgehead atoms. The second-order valence-electron chi connectivity index (χ2n) is 8.08. The van der Waals surface area contributed by atoms with Gasteiger partial charge in [-0.15, -0.1) is 24.0 Å². The van der Waals surface area contributed by atoms with Gasteiger partial charge in [0.15, 0.2) is 5.96 Å². The smallest absolute Gasteiger partial charge is 0.191 e. The Balaban J connectivity index is 0.00000363. The molecular formula is C23H33F2IN6. The predicted octanol–water partition coefficient (Wildman–Crippen LogP) is 3.41. The Morgan fingerprint density at radius 1 is 1.16 bits per heavy atom. The summed E-state index contributed by atoms with van der Waals surface area (Å²) in [5, 5.41) is 6.70. The minimum atomic E-state index is -0.538. The van der Waals surface area contributed by atoms with E-state index in [1.807, 2.05) is 32.4 Å². The highest BCUT2D eigenvalue weighted by Crippen LogP contribution is 2.24. The number of hydrogen-bond acceptors (Lipinski definition) is 4. The van der Waals surface area contributed by atoms with Gasteiger partial charge in [0.05, 0.1) is 11.7 Å². The van der Waals surface area contributed by atoms with Crippen LogP contribution in [0.4, 0.5) is 8.78 Å². The number of likely N-dealkylation sites (N-methyl/N-ethyl adjacent to an activating group) is 1. The van der Waals surface area contributed by atoms with Crippen LogP contribution in [0.25, 0.3) is 0 Å². The van der Waals surface area contributed by atoms with E-state index >= 15 is 0 Å². The third kappa shape index (κ3) is 7.35. The summed E-state index contributed by atoms with van der Waals surface area (Å²) in [6, 6.07) is 9.81. The van der Waals surface area contributed by atoms with Gasteiger partial charge in [-0.3, -0.25) is 14.9 Å². The van der Waals surface area contributed by atoms with Gasteiger partial charge in [-0.1, -0.05) is 12.1 Å².